The summed E-state index contributed by atoms with van der Waals surface area (Å²) in [5, 5.41) is 11.3. The molecule has 0 aliphatic carbocycles. The lowest BCUT2D eigenvalue weighted by molar-refractivity contribution is -0.120. The van der Waals surface area contributed by atoms with Gasteiger partial charge in [0.2, 0.25) is 5.91 Å². The maximum atomic E-state index is 13.3. The first kappa shape index (κ1) is 17.2. The summed E-state index contributed by atoms with van der Waals surface area (Å²) in [6, 6.07) is 13.3. The van der Waals surface area contributed by atoms with Crippen molar-refractivity contribution in [2.24, 2.45) is 5.92 Å². The average Bonchev–Trinajstić information content (AvgIpc) is 3.23. The molecule has 1 N–H and O–H groups in total. The van der Waals surface area contributed by atoms with Gasteiger partial charge in [-0.05, 0) is 55.3 Å². The van der Waals surface area contributed by atoms with Crippen LogP contribution in [0.25, 0.3) is 11.5 Å². The van der Waals surface area contributed by atoms with E-state index in [-0.39, 0.29) is 17.6 Å². The van der Waals surface area contributed by atoms with Crippen LogP contribution in [-0.2, 0) is 4.79 Å². The van der Waals surface area contributed by atoms with Gasteiger partial charge in [0.25, 0.3) is 0 Å². The van der Waals surface area contributed by atoms with Gasteiger partial charge in [-0.15, -0.1) is 10.2 Å². The molecule has 2 aromatic heterocycles. The number of nitrogens with zero attached hydrogens (tertiary/aromatic N) is 3. The van der Waals surface area contributed by atoms with Crippen molar-refractivity contribution in [3.05, 3.63) is 60.6 Å². The average molecular weight is 366 g/mol. The van der Waals surface area contributed by atoms with E-state index >= 15 is 0 Å². The molecule has 138 valence electrons. The third kappa shape index (κ3) is 3.97. The highest BCUT2D eigenvalue weighted by molar-refractivity contribution is 5.93. The zero-order valence-electron chi connectivity index (χ0n) is 14.6. The second-order valence-corrected chi connectivity index (χ2v) is 6.54. The molecule has 0 spiro atoms. The van der Waals surface area contributed by atoms with Crippen LogP contribution in [0, 0.1) is 11.7 Å². The molecular weight excluding hydrogens is 347 g/mol. The summed E-state index contributed by atoms with van der Waals surface area (Å²) in [7, 11) is 0. The Bertz CT molecular complexity index is 912. The van der Waals surface area contributed by atoms with E-state index in [0.29, 0.717) is 23.7 Å². The number of hydrogen-bond donors (Lipinski definition) is 1. The molecule has 7 heteroatoms. The Morgan fingerprint density at radius 2 is 2.11 bits per heavy atom. The molecule has 6 nitrogen and oxygen atoms in total. The monoisotopic (exact) mass is 366 g/mol. The minimum absolute atomic E-state index is 0.106. The Balaban J connectivity index is 1.42. The molecule has 1 aromatic carbocycles. The minimum atomic E-state index is -0.370. The van der Waals surface area contributed by atoms with Gasteiger partial charge < -0.3 is 14.6 Å². The lowest BCUT2D eigenvalue weighted by atomic mass is 9.97. The summed E-state index contributed by atoms with van der Waals surface area (Å²) in [4.78, 5) is 14.6. The van der Waals surface area contributed by atoms with Gasteiger partial charge in [0.1, 0.15) is 11.5 Å². The topological polar surface area (TPSA) is 71.3 Å². The van der Waals surface area contributed by atoms with Gasteiger partial charge in [-0.1, -0.05) is 6.07 Å². The smallest absolute Gasteiger partial charge is 0.229 e. The van der Waals surface area contributed by atoms with Crippen LogP contribution in [0.5, 0.6) is 0 Å². The predicted octanol–water partition coefficient (Wildman–Crippen LogP) is 3.73. The first-order valence-corrected chi connectivity index (χ1v) is 8.88. The van der Waals surface area contributed by atoms with Gasteiger partial charge in [0.05, 0.1) is 12.2 Å². The van der Waals surface area contributed by atoms with Crippen molar-refractivity contribution >= 4 is 17.4 Å². The molecule has 1 aliphatic rings. The predicted molar refractivity (Wildman–Crippen MR) is 99.7 cm³/mol. The lowest BCUT2D eigenvalue weighted by Gasteiger charge is -2.32. The van der Waals surface area contributed by atoms with Crippen LogP contribution in [0.3, 0.4) is 0 Å². The molecule has 3 heterocycles. The van der Waals surface area contributed by atoms with Gasteiger partial charge in [-0.3, -0.25) is 4.79 Å². The molecule has 3 aromatic rings. The van der Waals surface area contributed by atoms with Crippen molar-refractivity contribution in [1.29, 1.82) is 0 Å². The van der Waals surface area contributed by atoms with Crippen LogP contribution in [0.1, 0.15) is 12.8 Å². The van der Waals surface area contributed by atoms with E-state index < -0.39 is 0 Å². The fourth-order valence-electron chi connectivity index (χ4n) is 3.26. The number of anilines is 2. The summed E-state index contributed by atoms with van der Waals surface area (Å²) >= 11 is 0. The number of aromatic nitrogens is 2. The van der Waals surface area contributed by atoms with Crippen LogP contribution in [0.4, 0.5) is 15.9 Å². The van der Waals surface area contributed by atoms with Crippen molar-refractivity contribution in [2.45, 2.75) is 12.8 Å². The molecule has 1 aliphatic heterocycles. The summed E-state index contributed by atoms with van der Waals surface area (Å²) in [5.74, 6) is 0.734. The van der Waals surface area contributed by atoms with E-state index in [9.17, 15) is 9.18 Å². The van der Waals surface area contributed by atoms with Gasteiger partial charge in [0.15, 0.2) is 11.6 Å². The number of furan rings is 1. The Morgan fingerprint density at radius 3 is 2.85 bits per heavy atom. The number of rotatable bonds is 4. The number of amides is 1. The van der Waals surface area contributed by atoms with E-state index in [1.807, 2.05) is 18.2 Å². The molecule has 27 heavy (non-hydrogen) atoms. The fourth-order valence-corrected chi connectivity index (χ4v) is 3.26. The highest BCUT2D eigenvalue weighted by Crippen LogP contribution is 2.24. The van der Waals surface area contributed by atoms with Crippen molar-refractivity contribution < 1.29 is 13.6 Å². The quantitative estimate of drug-likeness (QED) is 0.762. The summed E-state index contributed by atoms with van der Waals surface area (Å²) in [6.45, 7) is 1.37. The van der Waals surface area contributed by atoms with Crippen molar-refractivity contribution in [3.8, 4) is 11.5 Å². The Kier molecular flexibility index (Phi) is 4.82. The zero-order valence-corrected chi connectivity index (χ0v) is 14.6. The molecule has 4 rings (SSSR count). The molecule has 0 bridgehead atoms. The summed E-state index contributed by atoms with van der Waals surface area (Å²) < 4.78 is 18.6. The number of carbonyl (C=O) groups is 1. The molecule has 1 amide bonds. The number of benzene rings is 1. The fraction of sp³-hybridized carbons (Fsp3) is 0.250. The standard InChI is InChI=1S/C20H19FN4O2/c21-15-5-1-6-16(12-15)22-20(26)14-4-2-10-25(13-14)19-9-8-17(23-24-19)18-7-3-11-27-18/h1,3,5-9,11-12,14H,2,4,10,13H2,(H,22,26). The third-order valence-electron chi connectivity index (χ3n) is 4.63. The van der Waals surface area contributed by atoms with E-state index in [0.717, 1.165) is 25.2 Å². The van der Waals surface area contributed by atoms with E-state index in [1.54, 1.807) is 24.5 Å². The van der Waals surface area contributed by atoms with Crippen molar-refractivity contribution in [2.75, 3.05) is 23.3 Å². The Hall–Kier alpha value is -3.22. The molecule has 1 atom stereocenters. The van der Waals surface area contributed by atoms with Crippen LogP contribution >= 0.6 is 0 Å². The highest BCUT2D eigenvalue weighted by Gasteiger charge is 2.27. The minimum Gasteiger partial charge on any atom is -0.463 e. The molecule has 1 fully saturated rings. The second kappa shape index (κ2) is 7.57. The van der Waals surface area contributed by atoms with Crippen LogP contribution in [-0.4, -0.2) is 29.2 Å². The third-order valence-corrected chi connectivity index (χ3v) is 4.63. The number of nitrogens with one attached hydrogen (secondary N) is 1. The molecule has 0 radical (unpaired) electrons. The Morgan fingerprint density at radius 1 is 1.19 bits per heavy atom. The van der Waals surface area contributed by atoms with E-state index in [4.69, 9.17) is 4.42 Å². The normalized spacial score (nSPS) is 16.9. The first-order chi connectivity index (χ1) is 13.2. The SMILES string of the molecule is O=C(Nc1cccc(F)c1)C1CCCN(c2ccc(-c3ccco3)nn2)C1. The number of hydrogen-bond acceptors (Lipinski definition) is 5. The molecule has 1 unspecified atom stereocenters. The van der Waals surface area contributed by atoms with E-state index in [2.05, 4.69) is 20.4 Å². The number of piperidine rings is 1. The highest BCUT2D eigenvalue weighted by atomic mass is 19.1. The molecular formula is C20H19FN4O2. The van der Waals surface area contributed by atoms with Crippen LogP contribution in [0.2, 0.25) is 0 Å². The van der Waals surface area contributed by atoms with Crippen molar-refractivity contribution in [3.63, 3.8) is 0 Å². The van der Waals surface area contributed by atoms with Crippen molar-refractivity contribution in [1.82, 2.24) is 10.2 Å². The van der Waals surface area contributed by atoms with Gasteiger partial charge in [-0.2, -0.15) is 0 Å². The number of carbonyl (C=O) groups excluding carboxylic acids is 1. The van der Waals surface area contributed by atoms with Gasteiger partial charge in [0, 0.05) is 18.8 Å². The maximum absolute atomic E-state index is 13.3. The molecule has 1 saturated heterocycles. The number of halogens is 1. The van der Waals surface area contributed by atoms with Gasteiger partial charge in [-0.25, -0.2) is 4.39 Å². The second-order valence-electron chi connectivity index (χ2n) is 6.54. The largest absolute Gasteiger partial charge is 0.463 e. The van der Waals surface area contributed by atoms with Crippen LogP contribution in [0.15, 0.2) is 59.2 Å². The maximum Gasteiger partial charge on any atom is 0.229 e. The van der Waals surface area contributed by atoms with E-state index in [1.165, 1.54) is 12.1 Å². The molecule has 0 saturated carbocycles. The Labute approximate surface area is 156 Å². The summed E-state index contributed by atoms with van der Waals surface area (Å²) in [6.07, 6.45) is 3.26. The lowest BCUT2D eigenvalue weighted by Crippen LogP contribution is -2.41. The van der Waals surface area contributed by atoms with Crippen LogP contribution < -0.4 is 10.2 Å². The van der Waals surface area contributed by atoms with Gasteiger partial charge >= 0.3 is 0 Å². The first-order valence-electron chi connectivity index (χ1n) is 8.88. The zero-order chi connectivity index (χ0) is 18.6. The summed E-state index contributed by atoms with van der Waals surface area (Å²) in [5.41, 5.74) is 1.14.